The number of amides is 1. The maximum atomic E-state index is 12.5. The second-order valence-corrected chi connectivity index (χ2v) is 5.77. The van der Waals surface area contributed by atoms with Crippen molar-refractivity contribution >= 4 is 35.0 Å². The summed E-state index contributed by atoms with van der Waals surface area (Å²) in [4.78, 5) is 35.4. The molecule has 1 aromatic carbocycles. The molecule has 0 aliphatic rings. The van der Waals surface area contributed by atoms with Crippen LogP contribution < -0.4 is 4.90 Å². The molecule has 1 aromatic heterocycles. The summed E-state index contributed by atoms with van der Waals surface area (Å²) in [6.45, 7) is 1.24. The van der Waals surface area contributed by atoms with E-state index in [1.54, 1.807) is 25.1 Å². The minimum absolute atomic E-state index is 0.0751. The van der Waals surface area contributed by atoms with E-state index >= 15 is 0 Å². The molecule has 0 saturated heterocycles. The Morgan fingerprint density at radius 1 is 1.37 bits per heavy atom. The van der Waals surface area contributed by atoms with Crippen molar-refractivity contribution < 1.29 is 23.7 Å². The van der Waals surface area contributed by atoms with Gasteiger partial charge >= 0.3 is 11.9 Å². The van der Waals surface area contributed by atoms with Crippen molar-refractivity contribution in [2.75, 3.05) is 18.1 Å². The molecule has 0 atom stereocenters. The number of halogens is 1. The topological polar surface area (TPSA) is 127 Å². The number of carbonyl (C=O) groups excluding carboxylic acids is 2. The zero-order valence-corrected chi connectivity index (χ0v) is 14.9. The zero-order valence-electron chi connectivity index (χ0n) is 14.2. The van der Waals surface area contributed by atoms with Gasteiger partial charge in [0, 0.05) is 17.3 Å². The Hall–Kier alpha value is -3.38. The first-order valence-corrected chi connectivity index (χ1v) is 8.06. The summed E-state index contributed by atoms with van der Waals surface area (Å²) in [6.07, 6.45) is 0.0751. The number of nitro groups is 1. The molecule has 0 spiro atoms. The number of anilines is 1. The SMILES string of the molecule is Cc1cc(N(CCC#N)C(=O)COC(=O)c2ccc([N+](=O)[O-])o2)ccc1Cl. The van der Waals surface area contributed by atoms with Crippen LogP contribution in [0.25, 0.3) is 0 Å². The van der Waals surface area contributed by atoms with E-state index in [4.69, 9.17) is 26.0 Å². The lowest BCUT2D eigenvalue weighted by atomic mass is 10.2. The van der Waals surface area contributed by atoms with Crippen LogP contribution in [0.15, 0.2) is 34.7 Å². The van der Waals surface area contributed by atoms with Crippen molar-refractivity contribution in [3.8, 4) is 6.07 Å². The van der Waals surface area contributed by atoms with Crippen molar-refractivity contribution in [1.82, 2.24) is 0 Å². The van der Waals surface area contributed by atoms with Crippen molar-refractivity contribution in [2.45, 2.75) is 13.3 Å². The van der Waals surface area contributed by atoms with Crippen molar-refractivity contribution in [1.29, 1.82) is 5.26 Å². The van der Waals surface area contributed by atoms with Crippen LogP contribution in [0.3, 0.4) is 0 Å². The highest BCUT2D eigenvalue weighted by atomic mass is 35.5. The lowest BCUT2D eigenvalue weighted by molar-refractivity contribution is -0.402. The number of esters is 1. The summed E-state index contributed by atoms with van der Waals surface area (Å²) in [5, 5.41) is 19.9. The number of nitrogens with zero attached hydrogens (tertiary/aromatic N) is 3. The third-order valence-corrected chi connectivity index (χ3v) is 3.93. The number of nitriles is 1. The molecule has 0 saturated carbocycles. The molecule has 0 aliphatic heterocycles. The number of benzene rings is 1. The van der Waals surface area contributed by atoms with Crippen molar-refractivity contribution in [3.63, 3.8) is 0 Å². The van der Waals surface area contributed by atoms with Gasteiger partial charge in [-0.05, 0) is 36.8 Å². The first kappa shape index (κ1) is 19.9. The summed E-state index contributed by atoms with van der Waals surface area (Å²) in [7, 11) is 0. The monoisotopic (exact) mass is 391 g/mol. The van der Waals surface area contributed by atoms with Gasteiger partial charge in [-0.2, -0.15) is 5.26 Å². The van der Waals surface area contributed by atoms with Crippen LogP contribution in [-0.2, 0) is 9.53 Å². The van der Waals surface area contributed by atoms with Gasteiger partial charge < -0.3 is 14.1 Å². The number of carbonyl (C=O) groups is 2. The summed E-state index contributed by atoms with van der Waals surface area (Å²) >= 11 is 5.98. The van der Waals surface area contributed by atoms with Crippen LogP contribution >= 0.6 is 11.6 Å². The molecule has 0 N–H and O–H groups in total. The molecule has 2 rings (SSSR count). The van der Waals surface area contributed by atoms with E-state index in [9.17, 15) is 19.7 Å². The molecule has 9 nitrogen and oxygen atoms in total. The first-order chi connectivity index (χ1) is 12.8. The van der Waals surface area contributed by atoms with Gasteiger partial charge in [0.2, 0.25) is 5.76 Å². The molecule has 1 amide bonds. The van der Waals surface area contributed by atoms with E-state index in [1.807, 2.05) is 6.07 Å². The van der Waals surface area contributed by atoms with Crippen LogP contribution in [0.4, 0.5) is 11.6 Å². The Bertz CT molecular complexity index is 918. The predicted octanol–water partition coefficient (Wildman–Crippen LogP) is 3.25. The number of furan rings is 1. The molecule has 0 bridgehead atoms. The highest BCUT2D eigenvalue weighted by Gasteiger charge is 2.22. The Labute approximate surface area is 158 Å². The highest BCUT2D eigenvalue weighted by molar-refractivity contribution is 6.31. The van der Waals surface area contributed by atoms with E-state index in [0.717, 1.165) is 17.7 Å². The molecule has 27 heavy (non-hydrogen) atoms. The largest absolute Gasteiger partial charge is 0.450 e. The van der Waals surface area contributed by atoms with Gasteiger partial charge in [0.15, 0.2) is 6.61 Å². The maximum absolute atomic E-state index is 12.5. The first-order valence-electron chi connectivity index (χ1n) is 7.68. The standard InChI is InChI=1S/C17H14ClN3O6/c1-11-9-12(3-4-13(11)18)20(8-2-7-19)15(22)10-26-17(23)14-5-6-16(27-14)21(24)25/h3-6,9H,2,8,10H2,1H3. The van der Waals surface area contributed by atoms with Crippen LogP contribution in [0.2, 0.25) is 5.02 Å². The predicted molar refractivity (Wildman–Crippen MR) is 94.4 cm³/mol. The fourth-order valence-electron chi connectivity index (χ4n) is 2.17. The summed E-state index contributed by atoms with van der Waals surface area (Å²) in [6, 6.07) is 8.95. The summed E-state index contributed by atoms with van der Waals surface area (Å²) in [5.74, 6) is -2.58. The second kappa shape index (κ2) is 8.82. The summed E-state index contributed by atoms with van der Waals surface area (Å²) < 4.78 is 9.59. The maximum Gasteiger partial charge on any atom is 0.433 e. The van der Waals surface area contributed by atoms with Gasteiger partial charge in [-0.3, -0.25) is 14.9 Å². The van der Waals surface area contributed by atoms with Gasteiger partial charge in [0.1, 0.15) is 4.92 Å². The van der Waals surface area contributed by atoms with Gasteiger partial charge in [0.25, 0.3) is 5.91 Å². The molecular formula is C17H14ClN3O6. The number of aryl methyl sites for hydroxylation is 1. The van der Waals surface area contributed by atoms with E-state index in [2.05, 4.69) is 0 Å². The Morgan fingerprint density at radius 2 is 2.11 bits per heavy atom. The second-order valence-electron chi connectivity index (χ2n) is 5.36. The molecule has 140 valence electrons. The fraction of sp³-hybridized carbons (Fsp3) is 0.235. The molecule has 1 heterocycles. The molecule has 0 aliphatic carbocycles. The van der Waals surface area contributed by atoms with Crippen molar-refractivity contribution in [2.24, 2.45) is 0 Å². The minimum Gasteiger partial charge on any atom is -0.450 e. The number of hydrogen-bond donors (Lipinski definition) is 0. The van der Waals surface area contributed by atoms with Gasteiger partial charge in [-0.1, -0.05) is 11.6 Å². The smallest absolute Gasteiger partial charge is 0.433 e. The fourth-order valence-corrected chi connectivity index (χ4v) is 2.29. The quantitative estimate of drug-likeness (QED) is 0.402. The Balaban J connectivity index is 2.08. The average Bonchev–Trinajstić information content (AvgIpc) is 3.13. The molecular weight excluding hydrogens is 378 g/mol. The zero-order chi connectivity index (χ0) is 20.0. The average molecular weight is 392 g/mol. The van der Waals surface area contributed by atoms with E-state index in [0.29, 0.717) is 10.7 Å². The van der Waals surface area contributed by atoms with E-state index in [1.165, 1.54) is 4.90 Å². The Morgan fingerprint density at radius 3 is 2.70 bits per heavy atom. The van der Waals surface area contributed by atoms with Crippen LogP contribution in [0.5, 0.6) is 0 Å². The van der Waals surface area contributed by atoms with Gasteiger partial charge in [-0.25, -0.2) is 4.79 Å². The lowest BCUT2D eigenvalue weighted by Crippen LogP contribution is -2.35. The van der Waals surface area contributed by atoms with Crippen LogP contribution in [0.1, 0.15) is 22.5 Å². The van der Waals surface area contributed by atoms with Crippen LogP contribution in [-0.4, -0.2) is 30.0 Å². The molecule has 0 fully saturated rings. The van der Waals surface area contributed by atoms with Gasteiger partial charge in [0.05, 0.1) is 18.6 Å². The number of rotatable bonds is 7. The van der Waals surface area contributed by atoms with Crippen LogP contribution in [0, 0.1) is 28.4 Å². The Kier molecular flexibility index (Phi) is 6.51. The summed E-state index contributed by atoms with van der Waals surface area (Å²) in [5.41, 5.74) is 1.24. The van der Waals surface area contributed by atoms with E-state index in [-0.39, 0.29) is 18.7 Å². The number of hydrogen-bond acceptors (Lipinski definition) is 7. The molecule has 0 radical (unpaired) electrons. The van der Waals surface area contributed by atoms with Gasteiger partial charge in [-0.15, -0.1) is 0 Å². The lowest BCUT2D eigenvalue weighted by Gasteiger charge is -2.22. The third kappa shape index (κ3) is 5.05. The highest BCUT2D eigenvalue weighted by Crippen LogP contribution is 2.23. The molecule has 2 aromatic rings. The third-order valence-electron chi connectivity index (χ3n) is 3.50. The molecule has 0 unspecified atom stereocenters. The van der Waals surface area contributed by atoms with E-state index < -0.39 is 29.3 Å². The van der Waals surface area contributed by atoms with Crippen molar-refractivity contribution in [3.05, 3.63) is 56.8 Å². The molecule has 10 heteroatoms. The number of ether oxygens (including phenoxy) is 1. The minimum atomic E-state index is -1.01. The normalized spacial score (nSPS) is 10.1.